The van der Waals surface area contributed by atoms with Crippen LogP contribution >= 0.6 is 0 Å². The molecule has 3 rings (SSSR count). The van der Waals surface area contributed by atoms with Crippen LogP contribution in [0.4, 0.5) is 13.2 Å². The lowest BCUT2D eigenvalue weighted by atomic mass is 10.2. The van der Waals surface area contributed by atoms with E-state index in [-0.39, 0.29) is 24.3 Å². The number of alkyl halides is 3. The van der Waals surface area contributed by atoms with Crippen molar-refractivity contribution in [3.8, 4) is 11.5 Å². The monoisotopic (exact) mass is 394 g/mol. The van der Waals surface area contributed by atoms with Crippen molar-refractivity contribution in [1.82, 2.24) is 19.9 Å². The van der Waals surface area contributed by atoms with E-state index in [1.807, 2.05) is 0 Å². The van der Waals surface area contributed by atoms with E-state index in [1.54, 1.807) is 6.07 Å². The highest BCUT2D eigenvalue weighted by Crippen LogP contribution is 2.31. The summed E-state index contributed by atoms with van der Waals surface area (Å²) in [5, 5.41) is 2.59. The number of nitrogens with zero attached hydrogens (tertiary/aromatic N) is 3. The van der Waals surface area contributed by atoms with Crippen LogP contribution in [-0.4, -0.2) is 41.2 Å². The van der Waals surface area contributed by atoms with Crippen molar-refractivity contribution in [1.29, 1.82) is 0 Å². The number of rotatable bonds is 6. The van der Waals surface area contributed by atoms with Crippen LogP contribution in [0, 0.1) is 0 Å². The molecule has 0 radical (unpaired) electrons. The lowest BCUT2D eigenvalue weighted by Gasteiger charge is -2.12. The lowest BCUT2D eigenvalue weighted by Crippen LogP contribution is -2.28. The van der Waals surface area contributed by atoms with Gasteiger partial charge in [-0.25, -0.2) is 9.97 Å². The Hall–Kier alpha value is -3.30. The Morgan fingerprint density at radius 1 is 1.18 bits per heavy atom. The summed E-state index contributed by atoms with van der Waals surface area (Å²) in [4.78, 5) is 19.9. The van der Waals surface area contributed by atoms with Crippen LogP contribution in [-0.2, 0) is 12.7 Å². The SMILES string of the molecule is COc1ccc(C(=O)NCCn2c(C(F)(F)F)nc3cccnc32)cc1OC. The van der Waals surface area contributed by atoms with Crippen molar-refractivity contribution in [2.45, 2.75) is 12.7 Å². The van der Waals surface area contributed by atoms with E-state index in [0.29, 0.717) is 17.1 Å². The lowest BCUT2D eigenvalue weighted by molar-refractivity contribution is -0.146. The Balaban J connectivity index is 1.76. The minimum Gasteiger partial charge on any atom is -0.493 e. The number of carbonyl (C=O) groups excluding carboxylic acids is 1. The number of hydrogen-bond donors (Lipinski definition) is 1. The Kier molecular flexibility index (Phi) is 5.39. The number of pyridine rings is 1. The van der Waals surface area contributed by atoms with Crippen molar-refractivity contribution in [3.05, 3.63) is 47.9 Å². The molecule has 7 nitrogen and oxygen atoms in total. The summed E-state index contributed by atoms with van der Waals surface area (Å²) in [6.07, 6.45) is -3.24. The average Bonchev–Trinajstić information content (AvgIpc) is 3.06. The number of methoxy groups -OCH3 is 2. The fraction of sp³-hybridized carbons (Fsp3) is 0.278. The second-order valence-corrected chi connectivity index (χ2v) is 5.76. The van der Waals surface area contributed by atoms with Gasteiger partial charge in [-0.3, -0.25) is 4.79 Å². The molecule has 3 aromatic rings. The van der Waals surface area contributed by atoms with Crippen LogP contribution in [0.1, 0.15) is 16.2 Å². The molecular weight excluding hydrogens is 377 g/mol. The molecule has 0 saturated heterocycles. The Morgan fingerprint density at radius 3 is 2.61 bits per heavy atom. The maximum Gasteiger partial charge on any atom is 0.449 e. The molecule has 2 heterocycles. The number of carbonyl (C=O) groups is 1. The second kappa shape index (κ2) is 7.75. The molecular formula is C18H17F3N4O3. The normalized spacial score (nSPS) is 11.5. The number of fused-ring (bicyclic) bond motifs is 1. The van der Waals surface area contributed by atoms with E-state index in [9.17, 15) is 18.0 Å². The van der Waals surface area contributed by atoms with Crippen molar-refractivity contribution in [3.63, 3.8) is 0 Å². The van der Waals surface area contributed by atoms with E-state index in [4.69, 9.17) is 9.47 Å². The van der Waals surface area contributed by atoms with Gasteiger partial charge in [-0.2, -0.15) is 13.2 Å². The molecule has 1 aromatic carbocycles. The van der Waals surface area contributed by atoms with Gasteiger partial charge in [0.2, 0.25) is 5.82 Å². The molecule has 2 aromatic heterocycles. The first kappa shape index (κ1) is 19.5. The fourth-order valence-electron chi connectivity index (χ4n) is 2.75. The highest BCUT2D eigenvalue weighted by Gasteiger charge is 2.37. The topological polar surface area (TPSA) is 78.3 Å². The van der Waals surface area contributed by atoms with Crippen LogP contribution in [0.15, 0.2) is 36.5 Å². The van der Waals surface area contributed by atoms with Gasteiger partial charge in [0.1, 0.15) is 5.52 Å². The fourth-order valence-corrected chi connectivity index (χ4v) is 2.75. The van der Waals surface area contributed by atoms with Crippen molar-refractivity contribution < 1.29 is 27.4 Å². The van der Waals surface area contributed by atoms with Gasteiger partial charge < -0.3 is 19.4 Å². The summed E-state index contributed by atoms with van der Waals surface area (Å²) >= 11 is 0. The number of nitrogens with one attached hydrogen (secondary N) is 1. The van der Waals surface area contributed by atoms with Crippen molar-refractivity contribution in [2.75, 3.05) is 20.8 Å². The van der Waals surface area contributed by atoms with Crippen molar-refractivity contribution >= 4 is 17.1 Å². The third-order valence-electron chi connectivity index (χ3n) is 4.02. The number of aromatic nitrogens is 3. The predicted molar refractivity (Wildman–Crippen MR) is 94.4 cm³/mol. The van der Waals surface area contributed by atoms with Gasteiger partial charge in [0.25, 0.3) is 5.91 Å². The van der Waals surface area contributed by atoms with Crippen LogP contribution in [0.3, 0.4) is 0 Å². The molecule has 28 heavy (non-hydrogen) atoms. The van der Waals surface area contributed by atoms with Gasteiger partial charge in [-0.05, 0) is 30.3 Å². The van der Waals surface area contributed by atoms with Crippen molar-refractivity contribution in [2.24, 2.45) is 0 Å². The summed E-state index contributed by atoms with van der Waals surface area (Å²) in [6, 6.07) is 7.56. The third-order valence-corrected chi connectivity index (χ3v) is 4.02. The number of halogens is 3. The quantitative estimate of drug-likeness (QED) is 0.696. The van der Waals surface area contributed by atoms with Crippen LogP contribution in [0.2, 0.25) is 0 Å². The molecule has 0 aliphatic carbocycles. The van der Waals surface area contributed by atoms with Gasteiger partial charge in [-0.1, -0.05) is 0 Å². The highest BCUT2D eigenvalue weighted by molar-refractivity contribution is 5.94. The van der Waals surface area contributed by atoms with Crippen LogP contribution < -0.4 is 14.8 Å². The molecule has 0 atom stereocenters. The number of amides is 1. The minimum absolute atomic E-state index is 0.0434. The highest BCUT2D eigenvalue weighted by atomic mass is 19.4. The Morgan fingerprint density at radius 2 is 1.93 bits per heavy atom. The molecule has 148 valence electrons. The predicted octanol–water partition coefficient (Wildman–Crippen LogP) is 2.90. The average molecular weight is 394 g/mol. The molecule has 0 fully saturated rings. The first-order valence-corrected chi connectivity index (χ1v) is 8.24. The number of benzene rings is 1. The zero-order valence-corrected chi connectivity index (χ0v) is 15.1. The van der Waals surface area contributed by atoms with Gasteiger partial charge in [0, 0.05) is 24.8 Å². The summed E-state index contributed by atoms with van der Waals surface area (Å²) in [5.41, 5.74) is 0.540. The van der Waals surface area contributed by atoms with E-state index in [0.717, 1.165) is 4.57 Å². The van der Waals surface area contributed by atoms with E-state index >= 15 is 0 Å². The largest absolute Gasteiger partial charge is 0.493 e. The summed E-state index contributed by atoms with van der Waals surface area (Å²) < 4.78 is 51.0. The van der Waals surface area contributed by atoms with Gasteiger partial charge in [0.05, 0.1) is 14.2 Å². The molecule has 1 N–H and O–H groups in total. The molecule has 10 heteroatoms. The standard InChI is InChI=1S/C18H17F3N4O3/c1-27-13-6-5-11(10-14(13)28-2)16(26)23-8-9-25-15-12(4-3-7-22-15)24-17(25)18(19,20)21/h3-7,10H,8-9H2,1-2H3,(H,23,26). The van der Waals surface area contributed by atoms with Gasteiger partial charge >= 0.3 is 6.18 Å². The number of ether oxygens (including phenoxy) is 2. The van der Waals surface area contributed by atoms with Gasteiger partial charge in [-0.15, -0.1) is 0 Å². The Labute approximate surface area is 158 Å². The number of hydrogen-bond acceptors (Lipinski definition) is 5. The maximum atomic E-state index is 13.3. The van der Waals surface area contributed by atoms with E-state index in [2.05, 4.69) is 15.3 Å². The minimum atomic E-state index is -4.63. The van der Waals surface area contributed by atoms with E-state index in [1.165, 1.54) is 44.7 Å². The maximum absolute atomic E-state index is 13.3. The third kappa shape index (κ3) is 3.85. The smallest absolute Gasteiger partial charge is 0.449 e. The van der Waals surface area contributed by atoms with E-state index < -0.39 is 17.9 Å². The Bertz CT molecular complexity index is 1000. The first-order valence-electron chi connectivity index (χ1n) is 8.24. The second-order valence-electron chi connectivity index (χ2n) is 5.76. The summed E-state index contributed by atoms with van der Waals surface area (Å²) in [6.45, 7) is -0.181. The molecule has 0 bridgehead atoms. The molecule has 0 unspecified atom stereocenters. The van der Waals surface area contributed by atoms with Crippen LogP contribution in [0.25, 0.3) is 11.2 Å². The summed E-state index contributed by atoms with van der Waals surface area (Å²) in [7, 11) is 2.91. The molecule has 0 saturated carbocycles. The number of imidazole rings is 1. The molecule has 0 aliphatic heterocycles. The first-order chi connectivity index (χ1) is 13.3. The zero-order chi connectivity index (χ0) is 20.3. The molecule has 1 amide bonds. The molecule has 0 aliphatic rings. The van der Waals surface area contributed by atoms with Crippen LogP contribution in [0.5, 0.6) is 11.5 Å². The van der Waals surface area contributed by atoms with Gasteiger partial charge in [0.15, 0.2) is 17.1 Å². The zero-order valence-electron chi connectivity index (χ0n) is 15.1. The summed E-state index contributed by atoms with van der Waals surface area (Å²) in [5.74, 6) is -0.669. The molecule has 0 spiro atoms.